The molecule has 3 rings (SSSR count). The number of nitrogens with two attached hydrogens (primary N) is 2. The number of imidazole rings is 1. The number of carbonyl (C=O) groups is 16. The second-order valence-corrected chi connectivity index (χ2v) is 28.2. The van der Waals surface area contributed by atoms with Gasteiger partial charge in [0.25, 0.3) is 0 Å². The summed E-state index contributed by atoms with van der Waals surface area (Å²) in [6, 6.07) is -11.4. The van der Waals surface area contributed by atoms with E-state index in [1.54, 1.807) is 58.0 Å². The molecule has 0 bridgehead atoms. The van der Waals surface area contributed by atoms with Gasteiger partial charge in [-0.3, -0.25) is 71.9 Å². The molecule has 0 saturated carbocycles. The van der Waals surface area contributed by atoms with Gasteiger partial charge in [0, 0.05) is 37.7 Å². The molecule has 2 heterocycles. The number of carboxylic acids is 2. The number of aromatic amines is 1. The van der Waals surface area contributed by atoms with E-state index in [1.165, 1.54) is 43.0 Å². The van der Waals surface area contributed by atoms with Crippen LogP contribution in [-0.4, -0.2) is 259 Å². The summed E-state index contributed by atoms with van der Waals surface area (Å²) >= 11 is 1.51. The molecule has 0 radical (unpaired) electrons. The van der Waals surface area contributed by atoms with Crippen molar-refractivity contribution in [1.82, 2.24) is 78.7 Å². The minimum absolute atomic E-state index is 0.109. The van der Waals surface area contributed by atoms with Gasteiger partial charge < -0.3 is 111 Å². The van der Waals surface area contributed by atoms with Crippen LogP contribution in [0.5, 0.6) is 0 Å². The van der Waals surface area contributed by atoms with E-state index in [2.05, 4.69) is 68.5 Å². The lowest BCUT2D eigenvalue weighted by Crippen LogP contribution is -2.62. The summed E-state index contributed by atoms with van der Waals surface area (Å²) in [6.07, 6.45) is 3.01. The largest absolute Gasteiger partial charge is 0.481 e. The number of H-pyrrole nitrogens is 1. The van der Waals surface area contributed by atoms with E-state index in [0.717, 1.165) is 0 Å². The van der Waals surface area contributed by atoms with Crippen LogP contribution in [0.15, 0.2) is 42.9 Å². The quantitative estimate of drug-likeness (QED) is 0.0294. The molecule has 1 aliphatic heterocycles. The second-order valence-electron chi connectivity index (χ2n) is 27.2. The number of aromatic nitrogens is 2. The number of aliphatic hydroxyl groups excluding tert-OH is 3. The first-order chi connectivity index (χ1) is 50.5. The Bertz CT molecular complexity index is 3350. The van der Waals surface area contributed by atoms with Crippen LogP contribution in [0.2, 0.25) is 0 Å². The number of primary amides is 1. The number of likely N-dealkylation sites (tertiary alicyclic amines) is 1. The number of aliphatic carboxylic acids is 2. The first kappa shape index (κ1) is 91.3. The summed E-state index contributed by atoms with van der Waals surface area (Å²) < 4.78 is 0. The first-order valence-electron chi connectivity index (χ1n) is 35.2. The summed E-state index contributed by atoms with van der Waals surface area (Å²) in [7, 11) is 0. The number of rotatable bonds is 48. The van der Waals surface area contributed by atoms with Crippen LogP contribution in [0.25, 0.3) is 0 Å². The first-order valence-corrected chi connectivity index (χ1v) is 36.6. The molecule has 107 heavy (non-hydrogen) atoms. The highest BCUT2D eigenvalue weighted by Gasteiger charge is 2.42. The summed E-state index contributed by atoms with van der Waals surface area (Å²) in [4.78, 5) is 223. The summed E-state index contributed by atoms with van der Waals surface area (Å²) in [6.45, 7) is 9.66. The standard InChI is InChI=1S/C68H107N17O21S/c1-10-37(8)55(84-60(97)43(25-38-15-12-11-13-16-38)78-64(101)50-17-14-21-85(50)67(104)45(24-35(4)5)74-52(90)29-72-56(93)40(69)20-22-107-9)66(103)82-49(32-88)63(100)77-44(26-39-28-71-33-73-39)58(95)80-47(30-86)62(99)76-42(23-34(2)3)59(96)83-54(36(6)7)65(102)81-48(31-87)61(98)75-41(18-19-51(70)89)57(94)79-46(68(105)106)27-53(91)92/h11-13,15-16,28,33-37,40-50,54-55,86-88H,10,14,17-27,29-32,69H2,1-9H3,(H2,70,89)(H,71,73)(H,72,93)(H,74,90)(H,75,98)(H,76,99)(H,77,100)(H,78,101)(H,79,94)(H,80,95)(H,81,102)(H,82,103)(H,83,96)(H,84,97)(H,91,92)(H,105,106)/t37-,40-,41-,42-,43-,44-,45-,46-,47-,48-,49-,50-,54-,55-/m0/s1. The number of hydrogen-bond acceptors (Lipinski definition) is 22. The van der Waals surface area contributed by atoms with Gasteiger partial charge in [-0.05, 0) is 79.8 Å². The van der Waals surface area contributed by atoms with Gasteiger partial charge in [0.2, 0.25) is 82.7 Å². The minimum Gasteiger partial charge on any atom is -0.481 e. The number of carboxylic acid groups (broad SMARTS) is 2. The third kappa shape index (κ3) is 31.2. The van der Waals surface area contributed by atoms with Gasteiger partial charge in [-0.25, -0.2) is 9.78 Å². The van der Waals surface area contributed by atoms with Crippen LogP contribution in [0.4, 0.5) is 0 Å². The molecular formula is C68H107N17O21S. The average Bonchev–Trinajstić information content (AvgIpc) is 1.78. The number of thioether (sulfide) groups is 1. The third-order valence-electron chi connectivity index (χ3n) is 17.2. The number of carbonyl (C=O) groups excluding carboxylic acids is 14. The number of nitrogens with zero attached hydrogens (tertiary/aromatic N) is 2. The van der Waals surface area contributed by atoms with Gasteiger partial charge in [-0.15, -0.1) is 0 Å². The van der Waals surface area contributed by atoms with Gasteiger partial charge in [0.05, 0.1) is 45.2 Å². The zero-order chi connectivity index (χ0) is 80.4. The lowest BCUT2D eigenvalue weighted by molar-refractivity contribution is -0.147. The Morgan fingerprint density at radius 2 is 1.07 bits per heavy atom. The predicted octanol–water partition coefficient (Wildman–Crippen LogP) is -5.69. The van der Waals surface area contributed by atoms with Crippen LogP contribution >= 0.6 is 11.8 Å². The monoisotopic (exact) mass is 1530 g/mol. The van der Waals surface area contributed by atoms with Crippen molar-refractivity contribution < 1.29 is 102 Å². The highest BCUT2D eigenvalue weighted by Crippen LogP contribution is 2.22. The van der Waals surface area contributed by atoms with E-state index >= 15 is 0 Å². The molecule has 1 fully saturated rings. The molecule has 39 heteroatoms. The second kappa shape index (κ2) is 46.3. The average molecular weight is 1530 g/mol. The zero-order valence-electron chi connectivity index (χ0n) is 61.6. The van der Waals surface area contributed by atoms with E-state index in [4.69, 9.17) is 16.6 Å². The fourth-order valence-corrected chi connectivity index (χ4v) is 11.6. The number of hydrogen-bond donors (Lipinski definition) is 20. The summed E-state index contributed by atoms with van der Waals surface area (Å²) in [5.41, 5.74) is 12.0. The molecule has 0 unspecified atom stereocenters. The lowest BCUT2D eigenvalue weighted by atomic mass is 9.96. The van der Waals surface area contributed by atoms with Crippen LogP contribution in [0, 0.1) is 23.7 Å². The van der Waals surface area contributed by atoms with Crippen molar-refractivity contribution in [3.05, 3.63) is 54.1 Å². The molecule has 2 aromatic rings. The van der Waals surface area contributed by atoms with Gasteiger partial charge in [0.1, 0.15) is 72.5 Å². The Morgan fingerprint density at radius 1 is 0.579 bits per heavy atom. The molecule has 1 saturated heterocycles. The predicted molar refractivity (Wildman–Crippen MR) is 385 cm³/mol. The Morgan fingerprint density at radius 3 is 1.58 bits per heavy atom. The van der Waals surface area contributed by atoms with Crippen LogP contribution in [-0.2, 0) is 89.6 Å². The Balaban J connectivity index is 1.84. The van der Waals surface area contributed by atoms with E-state index in [9.17, 15) is 97.1 Å². The Kier molecular flexibility index (Phi) is 39.5. The highest BCUT2D eigenvalue weighted by molar-refractivity contribution is 7.98. The molecule has 0 aliphatic carbocycles. The SMILES string of the molecule is CC[C@H](C)[C@H](NC(=O)[C@H](Cc1ccccc1)NC(=O)[C@@H]1CCCN1C(=O)[C@H](CC(C)C)NC(=O)CNC(=O)[C@@H](N)CCSC)C(=O)N[C@@H](CO)C(=O)N[C@@H](Cc1cnc[nH]1)C(=O)N[C@@H](CO)C(=O)N[C@@H](CC(C)C)C(=O)N[C@H](C(=O)N[C@@H](CO)C(=O)N[C@@H](CCC(N)=O)C(=O)N[C@@H](CC(=O)O)C(=O)O)C(C)C. The molecule has 1 aliphatic rings. The van der Waals surface area contributed by atoms with E-state index in [-0.39, 0.29) is 62.6 Å². The molecular weight excluding hydrogens is 1420 g/mol. The molecule has 1 aromatic heterocycles. The fraction of sp³-hybridized carbons (Fsp3) is 0.632. The van der Waals surface area contributed by atoms with Crippen LogP contribution in [0.1, 0.15) is 124 Å². The number of aliphatic hydroxyl groups is 3. The fourth-order valence-electron chi connectivity index (χ4n) is 11.1. The van der Waals surface area contributed by atoms with Crippen molar-refractivity contribution in [1.29, 1.82) is 0 Å². The molecule has 14 amide bonds. The van der Waals surface area contributed by atoms with Gasteiger partial charge in [-0.1, -0.05) is 92.1 Å². The molecule has 38 nitrogen and oxygen atoms in total. The number of nitrogens with one attached hydrogen (secondary N) is 13. The van der Waals surface area contributed by atoms with Crippen LogP contribution in [0.3, 0.4) is 0 Å². The van der Waals surface area contributed by atoms with Crippen molar-refractivity contribution >= 4 is 106 Å². The molecule has 0 spiro atoms. The van der Waals surface area contributed by atoms with Gasteiger partial charge >= 0.3 is 11.9 Å². The van der Waals surface area contributed by atoms with Gasteiger partial charge in [-0.2, -0.15) is 11.8 Å². The summed E-state index contributed by atoms with van der Waals surface area (Å²) in [5, 5.41) is 79.2. The maximum atomic E-state index is 14.6. The zero-order valence-corrected chi connectivity index (χ0v) is 62.4. The van der Waals surface area contributed by atoms with Crippen molar-refractivity contribution in [2.75, 3.05) is 44.9 Å². The molecule has 14 atom stereocenters. The lowest BCUT2D eigenvalue weighted by Gasteiger charge is -2.31. The van der Waals surface area contributed by atoms with Crippen LogP contribution < -0.4 is 75.3 Å². The Hall–Kier alpha value is -9.86. The van der Waals surface area contributed by atoms with E-state index in [1.807, 2.05) is 25.4 Å². The van der Waals surface area contributed by atoms with E-state index in [0.29, 0.717) is 24.2 Å². The number of benzene rings is 1. The van der Waals surface area contributed by atoms with Crippen molar-refractivity contribution in [2.45, 2.75) is 205 Å². The number of amides is 14. The summed E-state index contributed by atoms with van der Waals surface area (Å²) in [5.74, 6) is -18.0. The minimum atomic E-state index is -1.98. The third-order valence-corrected chi connectivity index (χ3v) is 17.9. The topological polar surface area (TPSA) is 603 Å². The van der Waals surface area contributed by atoms with Crippen molar-refractivity contribution in [3.63, 3.8) is 0 Å². The van der Waals surface area contributed by atoms with Crippen molar-refractivity contribution in [2.24, 2.45) is 35.1 Å². The van der Waals surface area contributed by atoms with Gasteiger partial charge in [0.15, 0.2) is 0 Å². The smallest absolute Gasteiger partial charge is 0.326 e. The normalized spacial score (nSPS) is 16.3. The Labute approximate surface area is 623 Å². The van der Waals surface area contributed by atoms with E-state index < -0.39 is 231 Å². The molecule has 1 aromatic carbocycles. The molecule has 596 valence electrons. The molecule has 22 N–H and O–H groups in total. The highest BCUT2D eigenvalue weighted by atomic mass is 32.2. The maximum absolute atomic E-state index is 14.6. The van der Waals surface area contributed by atoms with Crippen molar-refractivity contribution in [3.8, 4) is 0 Å². The maximum Gasteiger partial charge on any atom is 0.326 e.